The highest BCUT2D eigenvalue weighted by molar-refractivity contribution is 7.92. The molecular weight excluding hydrogens is 425 g/mol. The molecule has 0 aromatic heterocycles. The number of hydrogen-bond donors (Lipinski definition) is 1. The summed E-state index contributed by atoms with van der Waals surface area (Å²) in [6, 6.07) is 8.62. The molecule has 0 unspecified atom stereocenters. The smallest absolute Gasteiger partial charge is 0.260 e. The van der Waals surface area contributed by atoms with Gasteiger partial charge in [-0.1, -0.05) is 17.7 Å². The largest absolute Gasteiger partial charge is 0.497 e. The highest BCUT2D eigenvalue weighted by Crippen LogP contribution is 2.33. The molecule has 156 valence electrons. The second kappa shape index (κ2) is 9.57. The molecule has 0 aliphatic rings. The second-order valence-electron chi connectivity index (χ2n) is 5.74. The van der Waals surface area contributed by atoms with Crippen molar-refractivity contribution in [1.82, 2.24) is 5.43 Å². The number of benzene rings is 2. The number of nitrogens with zero attached hydrogens (tertiary/aromatic N) is 2. The van der Waals surface area contributed by atoms with Crippen LogP contribution in [0.1, 0.15) is 5.56 Å². The van der Waals surface area contributed by atoms with Gasteiger partial charge in [-0.05, 0) is 24.3 Å². The van der Waals surface area contributed by atoms with E-state index in [2.05, 4.69) is 10.5 Å². The summed E-state index contributed by atoms with van der Waals surface area (Å²) in [5.74, 6) is -0.772. The number of ether oxygens (including phenoxy) is 2. The number of carbonyl (C=O) groups excluding carboxylic acids is 1. The lowest BCUT2D eigenvalue weighted by Gasteiger charge is -2.23. The minimum atomic E-state index is -3.86. The Bertz CT molecular complexity index is 1010. The van der Waals surface area contributed by atoms with E-state index in [9.17, 15) is 17.6 Å². The lowest BCUT2D eigenvalue weighted by Crippen LogP contribution is -2.39. The number of hydrogen-bond acceptors (Lipinski definition) is 6. The molecule has 0 spiro atoms. The number of methoxy groups -OCH3 is 2. The average Bonchev–Trinajstić information content (AvgIpc) is 2.67. The normalized spacial score (nSPS) is 11.3. The Morgan fingerprint density at radius 1 is 1.28 bits per heavy atom. The molecule has 0 heterocycles. The fourth-order valence-electron chi connectivity index (χ4n) is 2.34. The van der Waals surface area contributed by atoms with E-state index in [1.807, 2.05) is 0 Å². The van der Waals surface area contributed by atoms with Crippen molar-refractivity contribution in [3.05, 3.63) is 52.8 Å². The summed E-state index contributed by atoms with van der Waals surface area (Å²) in [4.78, 5) is 12.3. The Labute approximate surface area is 172 Å². The Kier molecular flexibility index (Phi) is 7.40. The molecule has 2 rings (SSSR count). The van der Waals surface area contributed by atoms with Gasteiger partial charge in [0, 0.05) is 11.6 Å². The summed E-state index contributed by atoms with van der Waals surface area (Å²) in [6.07, 6.45) is 1.98. The topological polar surface area (TPSA) is 97.3 Å². The second-order valence-corrected chi connectivity index (χ2v) is 8.05. The summed E-state index contributed by atoms with van der Waals surface area (Å²) in [6.45, 7) is -0.593. The first kappa shape index (κ1) is 22.4. The van der Waals surface area contributed by atoms with Gasteiger partial charge in [-0.15, -0.1) is 0 Å². The van der Waals surface area contributed by atoms with E-state index in [-0.39, 0.29) is 22.0 Å². The predicted molar refractivity (Wildman–Crippen MR) is 109 cm³/mol. The van der Waals surface area contributed by atoms with E-state index in [1.54, 1.807) is 6.07 Å². The van der Waals surface area contributed by atoms with Crippen molar-refractivity contribution in [3.8, 4) is 11.5 Å². The third-order valence-electron chi connectivity index (χ3n) is 3.72. The van der Waals surface area contributed by atoms with Gasteiger partial charge in [0.2, 0.25) is 10.0 Å². The molecule has 11 heteroatoms. The van der Waals surface area contributed by atoms with Crippen LogP contribution in [0.4, 0.5) is 10.1 Å². The lowest BCUT2D eigenvalue weighted by molar-refractivity contribution is -0.119. The maximum atomic E-state index is 13.7. The Hall–Kier alpha value is -2.85. The first-order valence-corrected chi connectivity index (χ1v) is 10.4. The summed E-state index contributed by atoms with van der Waals surface area (Å²) in [7, 11) is -1.07. The van der Waals surface area contributed by atoms with E-state index >= 15 is 0 Å². The van der Waals surface area contributed by atoms with Crippen LogP contribution in [0.5, 0.6) is 11.5 Å². The molecule has 2 aromatic carbocycles. The Morgan fingerprint density at radius 2 is 2.00 bits per heavy atom. The van der Waals surface area contributed by atoms with Crippen LogP contribution in [0.25, 0.3) is 0 Å². The molecule has 1 amide bonds. The molecule has 0 saturated carbocycles. The van der Waals surface area contributed by atoms with E-state index < -0.39 is 28.3 Å². The van der Waals surface area contributed by atoms with Crippen molar-refractivity contribution in [2.75, 3.05) is 31.3 Å². The number of halogens is 2. The molecule has 0 fully saturated rings. The van der Waals surface area contributed by atoms with Crippen molar-refractivity contribution in [2.24, 2.45) is 5.10 Å². The molecule has 0 radical (unpaired) electrons. The number of amides is 1. The van der Waals surface area contributed by atoms with Gasteiger partial charge in [0.1, 0.15) is 23.9 Å². The van der Waals surface area contributed by atoms with Crippen LogP contribution in [0, 0.1) is 5.82 Å². The monoisotopic (exact) mass is 443 g/mol. The standard InChI is InChI=1S/C18H19ClFN3O5S/c1-27-12-7-8-17(28-2)16(9-12)23(29(3,25)26)11-18(24)22-21-10-13-14(19)5-4-6-15(13)20/h4-10H,11H2,1-3H3,(H,22,24)/b21-10-. The van der Waals surface area contributed by atoms with Crippen molar-refractivity contribution in [3.63, 3.8) is 0 Å². The zero-order valence-electron chi connectivity index (χ0n) is 15.8. The Balaban J connectivity index is 2.24. The average molecular weight is 444 g/mol. The molecule has 8 nitrogen and oxygen atoms in total. The third kappa shape index (κ3) is 5.81. The van der Waals surface area contributed by atoms with Gasteiger partial charge < -0.3 is 9.47 Å². The Morgan fingerprint density at radius 3 is 2.59 bits per heavy atom. The quantitative estimate of drug-likeness (QED) is 0.499. The van der Waals surface area contributed by atoms with E-state index in [4.69, 9.17) is 21.1 Å². The first-order chi connectivity index (χ1) is 13.7. The van der Waals surface area contributed by atoms with E-state index in [0.29, 0.717) is 5.75 Å². The SMILES string of the molecule is COc1ccc(OC)c(N(CC(=O)N/N=C\c2c(F)cccc2Cl)S(C)(=O)=O)c1. The van der Waals surface area contributed by atoms with Gasteiger partial charge in [-0.3, -0.25) is 9.10 Å². The number of anilines is 1. The molecule has 1 N–H and O–H groups in total. The van der Waals surface area contributed by atoms with Gasteiger partial charge in [0.15, 0.2) is 0 Å². The zero-order chi connectivity index (χ0) is 21.6. The van der Waals surface area contributed by atoms with Gasteiger partial charge >= 0.3 is 0 Å². The molecule has 2 aromatic rings. The van der Waals surface area contributed by atoms with Gasteiger partial charge in [0.25, 0.3) is 5.91 Å². The fraction of sp³-hybridized carbons (Fsp3) is 0.222. The maximum Gasteiger partial charge on any atom is 0.260 e. The van der Waals surface area contributed by atoms with Crippen LogP contribution in [0.15, 0.2) is 41.5 Å². The molecule has 0 atom stereocenters. The highest BCUT2D eigenvalue weighted by atomic mass is 35.5. The van der Waals surface area contributed by atoms with Crippen LogP contribution in [-0.4, -0.2) is 47.6 Å². The van der Waals surface area contributed by atoms with Crippen LogP contribution in [0.3, 0.4) is 0 Å². The minimum Gasteiger partial charge on any atom is -0.497 e. The molecule has 0 aliphatic heterocycles. The molecule has 0 aliphatic carbocycles. The van der Waals surface area contributed by atoms with Gasteiger partial charge in [0.05, 0.1) is 37.4 Å². The summed E-state index contributed by atoms with van der Waals surface area (Å²) < 4.78 is 49.4. The third-order valence-corrected chi connectivity index (χ3v) is 5.18. The van der Waals surface area contributed by atoms with E-state index in [1.165, 1.54) is 44.6 Å². The van der Waals surface area contributed by atoms with Gasteiger partial charge in [-0.2, -0.15) is 5.10 Å². The minimum absolute atomic E-state index is 0.0103. The first-order valence-electron chi connectivity index (χ1n) is 8.13. The molecule has 0 bridgehead atoms. The predicted octanol–water partition coefficient (Wildman–Crippen LogP) is 2.41. The van der Waals surface area contributed by atoms with Crippen LogP contribution >= 0.6 is 11.6 Å². The number of nitrogens with one attached hydrogen (secondary N) is 1. The lowest BCUT2D eigenvalue weighted by atomic mass is 10.2. The summed E-state index contributed by atoms with van der Waals surface area (Å²) >= 11 is 5.87. The highest BCUT2D eigenvalue weighted by Gasteiger charge is 2.24. The van der Waals surface area contributed by atoms with Crippen LogP contribution in [-0.2, 0) is 14.8 Å². The van der Waals surface area contributed by atoms with Crippen molar-refractivity contribution >= 4 is 39.4 Å². The van der Waals surface area contributed by atoms with Gasteiger partial charge in [-0.25, -0.2) is 18.2 Å². The van der Waals surface area contributed by atoms with Crippen molar-refractivity contribution in [2.45, 2.75) is 0 Å². The molecular formula is C18H19ClFN3O5S. The zero-order valence-corrected chi connectivity index (χ0v) is 17.4. The summed E-state index contributed by atoms with van der Waals surface area (Å²) in [5, 5.41) is 3.75. The van der Waals surface area contributed by atoms with Crippen LogP contribution in [0.2, 0.25) is 5.02 Å². The fourth-order valence-corrected chi connectivity index (χ4v) is 3.40. The number of carbonyl (C=O) groups is 1. The maximum absolute atomic E-state index is 13.7. The van der Waals surface area contributed by atoms with E-state index in [0.717, 1.165) is 16.8 Å². The van der Waals surface area contributed by atoms with Crippen molar-refractivity contribution < 1.29 is 27.1 Å². The number of sulfonamides is 1. The van der Waals surface area contributed by atoms with Crippen LogP contribution < -0.4 is 19.2 Å². The molecule has 29 heavy (non-hydrogen) atoms. The summed E-state index contributed by atoms with van der Waals surface area (Å²) in [5.41, 5.74) is 2.26. The number of hydrazone groups is 1. The number of rotatable bonds is 8. The molecule has 0 saturated heterocycles. The van der Waals surface area contributed by atoms with Crippen molar-refractivity contribution in [1.29, 1.82) is 0 Å².